The molecule has 0 saturated heterocycles. The molecule has 0 bridgehead atoms. The molecule has 8 nitrogen and oxygen atoms in total. The Labute approximate surface area is 195 Å². The van der Waals surface area contributed by atoms with Gasteiger partial charge in [0.15, 0.2) is 0 Å². The highest BCUT2D eigenvalue weighted by Crippen LogP contribution is 2.27. The van der Waals surface area contributed by atoms with Crippen molar-refractivity contribution in [2.45, 2.75) is 19.9 Å². The Hall–Kier alpha value is -3.91. The summed E-state index contributed by atoms with van der Waals surface area (Å²) < 4.78 is 6.57. The van der Waals surface area contributed by atoms with Crippen LogP contribution in [0.25, 0.3) is 16.5 Å². The van der Waals surface area contributed by atoms with Crippen molar-refractivity contribution in [1.82, 2.24) is 14.5 Å². The zero-order chi connectivity index (χ0) is 23.5. The number of nitrogen functional groups attached to an aromatic ring is 1. The minimum Gasteiger partial charge on any atom is -0.462 e. The molecule has 0 saturated carbocycles. The number of ether oxygens (including phenoxy) is 1. The van der Waals surface area contributed by atoms with Crippen molar-refractivity contribution < 1.29 is 9.53 Å². The van der Waals surface area contributed by atoms with E-state index in [1.54, 1.807) is 23.6 Å². The molecule has 4 rings (SSSR count). The molecule has 1 atom stereocenters. The number of nitrogens with one attached hydrogen (secondary N) is 1. The van der Waals surface area contributed by atoms with E-state index < -0.39 is 12.0 Å². The third-order valence-corrected chi connectivity index (χ3v) is 5.46. The van der Waals surface area contributed by atoms with Crippen molar-refractivity contribution >= 4 is 40.1 Å². The molecule has 2 heterocycles. The van der Waals surface area contributed by atoms with Gasteiger partial charge in [-0.25, -0.2) is 9.78 Å². The summed E-state index contributed by atoms with van der Waals surface area (Å²) in [6, 6.07) is 16.2. The zero-order valence-electron chi connectivity index (χ0n) is 18.1. The van der Waals surface area contributed by atoms with Crippen molar-refractivity contribution in [1.29, 1.82) is 0 Å². The van der Waals surface area contributed by atoms with E-state index in [1.807, 2.05) is 49.4 Å². The van der Waals surface area contributed by atoms with Gasteiger partial charge >= 0.3 is 5.97 Å². The summed E-state index contributed by atoms with van der Waals surface area (Å²) in [4.78, 5) is 33.9. The Morgan fingerprint density at radius 1 is 1.21 bits per heavy atom. The number of hydrogen-bond acceptors (Lipinski definition) is 7. The lowest BCUT2D eigenvalue weighted by Gasteiger charge is -2.21. The van der Waals surface area contributed by atoms with Gasteiger partial charge in [0.05, 0.1) is 23.1 Å². The Morgan fingerprint density at radius 3 is 2.67 bits per heavy atom. The van der Waals surface area contributed by atoms with Crippen molar-refractivity contribution in [3.8, 4) is 5.69 Å². The first kappa shape index (κ1) is 22.3. The van der Waals surface area contributed by atoms with E-state index in [1.165, 1.54) is 6.20 Å². The number of rotatable bonds is 6. The standard InChI is InChI=1S/C24H22ClN5O3/c1-3-33-23(32)17-13-27-24(29-21(17)26)28-14(2)19-12-15-8-7-11-18(25)20(15)22(31)30(19)16-9-5-4-6-10-16/h4-14H,3H2,1-2H3,(H3,26,27,28,29)/t14-/m0/s1. The van der Waals surface area contributed by atoms with E-state index in [0.717, 1.165) is 5.39 Å². The number of para-hydroxylation sites is 1. The van der Waals surface area contributed by atoms with Gasteiger partial charge in [-0.15, -0.1) is 0 Å². The van der Waals surface area contributed by atoms with Crippen LogP contribution in [0.4, 0.5) is 11.8 Å². The fourth-order valence-electron chi connectivity index (χ4n) is 3.60. The summed E-state index contributed by atoms with van der Waals surface area (Å²) in [5.41, 5.74) is 7.18. The molecule has 0 spiro atoms. The van der Waals surface area contributed by atoms with Gasteiger partial charge in [-0.2, -0.15) is 4.98 Å². The van der Waals surface area contributed by atoms with E-state index in [4.69, 9.17) is 22.1 Å². The Morgan fingerprint density at radius 2 is 1.97 bits per heavy atom. The number of nitrogens with zero attached hydrogens (tertiary/aromatic N) is 3. The minimum absolute atomic E-state index is 0.00360. The third kappa shape index (κ3) is 4.38. The molecule has 33 heavy (non-hydrogen) atoms. The Bertz CT molecular complexity index is 1390. The Balaban J connectivity index is 1.78. The predicted octanol–water partition coefficient (Wildman–Crippen LogP) is 4.37. The highest BCUT2D eigenvalue weighted by molar-refractivity contribution is 6.35. The first-order valence-electron chi connectivity index (χ1n) is 10.4. The van der Waals surface area contributed by atoms with E-state index in [-0.39, 0.29) is 29.5 Å². The number of aromatic nitrogens is 3. The highest BCUT2D eigenvalue weighted by Gasteiger charge is 2.19. The quantitative estimate of drug-likeness (QED) is 0.408. The maximum atomic E-state index is 13.5. The van der Waals surface area contributed by atoms with Crippen molar-refractivity contribution in [3.63, 3.8) is 0 Å². The van der Waals surface area contributed by atoms with Crippen molar-refractivity contribution in [3.05, 3.63) is 87.4 Å². The van der Waals surface area contributed by atoms with Crippen LogP contribution in [-0.4, -0.2) is 27.1 Å². The van der Waals surface area contributed by atoms with Crippen LogP contribution in [0.15, 0.2) is 65.6 Å². The molecular weight excluding hydrogens is 442 g/mol. The molecule has 0 unspecified atom stereocenters. The van der Waals surface area contributed by atoms with Gasteiger partial charge in [0.25, 0.3) is 5.56 Å². The SMILES string of the molecule is CCOC(=O)c1cnc(N[C@@H](C)c2cc3cccc(Cl)c3c(=O)n2-c2ccccc2)nc1N. The van der Waals surface area contributed by atoms with Gasteiger partial charge in [-0.05, 0) is 43.5 Å². The summed E-state index contributed by atoms with van der Waals surface area (Å²) in [5.74, 6) is -0.367. The number of fused-ring (bicyclic) bond motifs is 1. The number of carbonyl (C=O) groups excluding carboxylic acids is 1. The summed E-state index contributed by atoms with van der Waals surface area (Å²) >= 11 is 6.36. The van der Waals surface area contributed by atoms with Crippen LogP contribution in [0.5, 0.6) is 0 Å². The molecule has 168 valence electrons. The largest absolute Gasteiger partial charge is 0.462 e. The zero-order valence-corrected chi connectivity index (χ0v) is 18.8. The highest BCUT2D eigenvalue weighted by atomic mass is 35.5. The van der Waals surface area contributed by atoms with Crippen LogP contribution in [-0.2, 0) is 4.74 Å². The second-order valence-electron chi connectivity index (χ2n) is 7.33. The monoisotopic (exact) mass is 463 g/mol. The molecule has 2 aromatic heterocycles. The van der Waals surface area contributed by atoms with E-state index in [0.29, 0.717) is 21.8 Å². The van der Waals surface area contributed by atoms with Gasteiger partial charge < -0.3 is 15.8 Å². The number of hydrogen-bond donors (Lipinski definition) is 2. The topological polar surface area (TPSA) is 112 Å². The molecule has 0 aliphatic heterocycles. The molecular formula is C24H22ClN5O3. The molecule has 0 amide bonds. The number of carbonyl (C=O) groups is 1. The first-order valence-corrected chi connectivity index (χ1v) is 10.7. The van der Waals surface area contributed by atoms with Crippen molar-refractivity contribution in [2.75, 3.05) is 17.7 Å². The molecule has 0 aliphatic carbocycles. The van der Waals surface area contributed by atoms with E-state index in [2.05, 4.69) is 15.3 Å². The Kier molecular flexibility index (Phi) is 6.28. The van der Waals surface area contributed by atoms with Crippen LogP contribution in [0, 0.1) is 0 Å². The normalized spacial score (nSPS) is 11.8. The second kappa shape index (κ2) is 9.30. The molecule has 9 heteroatoms. The molecule has 2 aromatic carbocycles. The number of anilines is 2. The minimum atomic E-state index is -0.584. The fraction of sp³-hybridized carbons (Fsp3) is 0.167. The lowest BCUT2D eigenvalue weighted by atomic mass is 10.1. The van der Waals surface area contributed by atoms with Gasteiger partial charge in [0, 0.05) is 17.6 Å². The van der Waals surface area contributed by atoms with Gasteiger partial charge in [-0.3, -0.25) is 9.36 Å². The molecule has 3 N–H and O–H groups in total. The summed E-state index contributed by atoms with van der Waals surface area (Å²) in [6.07, 6.45) is 1.32. The number of halogens is 1. The predicted molar refractivity (Wildman–Crippen MR) is 129 cm³/mol. The van der Waals surface area contributed by atoms with Crippen LogP contribution < -0.4 is 16.6 Å². The van der Waals surface area contributed by atoms with Crippen LogP contribution in [0.2, 0.25) is 5.02 Å². The fourth-order valence-corrected chi connectivity index (χ4v) is 3.86. The second-order valence-corrected chi connectivity index (χ2v) is 7.74. The average Bonchev–Trinajstić information content (AvgIpc) is 2.79. The lowest BCUT2D eigenvalue weighted by Crippen LogP contribution is -2.26. The summed E-state index contributed by atoms with van der Waals surface area (Å²) in [7, 11) is 0. The number of esters is 1. The number of benzene rings is 2. The molecule has 0 radical (unpaired) electrons. The summed E-state index contributed by atoms with van der Waals surface area (Å²) in [6.45, 7) is 3.80. The molecule has 0 aliphatic rings. The van der Waals surface area contributed by atoms with Gasteiger partial charge in [0.2, 0.25) is 5.95 Å². The van der Waals surface area contributed by atoms with Crippen LogP contribution >= 0.6 is 11.6 Å². The smallest absolute Gasteiger partial charge is 0.343 e. The van der Waals surface area contributed by atoms with Crippen LogP contribution in [0.3, 0.4) is 0 Å². The summed E-state index contributed by atoms with van der Waals surface area (Å²) in [5, 5.41) is 4.72. The first-order chi connectivity index (χ1) is 15.9. The van der Waals surface area contributed by atoms with Gasteiger partial charge in [-0.1, -0.05) is 41.9 Å². The molecule has 0 fully saturated rings. The third-order valence-electron chi connectivity index (χ3n) is 5.14. The maximum absolute atomic E-state index is 13.5. The van der Waals surface area contributed by atoms with Crippen molar-refractivity contribution in [2.24, 2.45) is 0 Å². The maximum Gasteiger partial charge on any atom is 0.343 e. The van der Waals surface area contributed by atoms with Gasteiger partial charge in [0.1, 0.15) is 11.4 Å². The lowest BCUT2D eigenvalue weighted by molar-refractivity contribution is 0.0527. The number of nitrogens with two attached hydrogens (primary N) is 1. The van der Waals surface area contributed by atoms with Crippen LogP contribution in [0.1, 0.15) is 35.9 Å². The number of pyridine rings is 1. The van der Waals surface area contributed by atoms with E-state index in [9.17, 15) is 9.59 Å². The van der Waals surface area contributed by atoms with E-state index >= 15 is 0 Å². The molecule has 4 aromatic rings. The average molecular weight is 464 g/mol.